The number of benzene rings is 2. The Morgan fingerprint density at radius 1 is 0.950 bits per heavy atom. The highest BCUT2D eigenvalue weighted by Crippen LogP contribution is 2.31. The number of halogens is 2. The molecule has 1 aliphatic rings. The lowest BCUT2D eigenvalue weighted by molar-refractivity contribution is 0.171. The zero-order valence-electron chi connectivity index (χ0n) is 10.7. The Kier molecular flexibility index (Phi) is 3.41. The maximum atomic E-state index is 13.5. The number of rotatable bonds is 3. The van der Waals surface area contributed by atoms with Crippen molar-refractivity contribution in [3.05, 3.63) is 53.6 Å². The first kappa shape index (κ1) is 12.7. The second kappa shape index (κ2) is 5.36. The molecule has 1 aliphatic heterocycles. The van der Waals surface area contributed by atoms with Gasteiger partial charge >= 0.3 is 0 Å². The quantitative estimate of drug-likeness (QED) is 0.933. The zero-order valence-corrected chi connectivity index (χ0v) is 10.7. The number of fused-ring (bicyclic) bond motifs is 1. The van der Waals surface area contributed by atoms with Crippen LogP contribution in [0.3, 0.4) is 0 Å². The van der Waals surface area contributed by atoms with Crippen LogP contribution >= 0.6 is 0 Å². The molecule has 0 fully saturated rings. The molecule has 0 bridgehead atoms. The highest BCUT2D eigenvalue weighted by molar-refractivity contribution is 5.48. The summed E-state index contributed by atoms with van der Waals surface area (Å²) in [5.74, 6) is 0.131. The van der Waals surface area contributed by atoms with Crippen molar-refractivity contribution in [3.8, 4) is 11.5 Å². The Morgan fingerprint density at radius 2 is 1.65 bits per heavy atom. The van der Waals surface area contributed by atoms with Crippen LogP contribution in [-0.2, 0) is 6.54 Å². The van der Waals surface area contributed by atoms with E-state index >= 15 is 0 Å². The second-order valence-electron chi connectivity index (χ2n) is 4.43. The minimum atomic E-state index is -0.609. The second-order valence-corrected chi connectivity index (χ2v) is 4.43. The summed E-state index contributed by atoms with van der Waals surface area (Å²) >= 11 is 0. The van der Waals surface area contributed by atoms with Gasteiger partial charge in [-0.2, -0.15) is 0 Å². The van der Waals surface area contributed by atoms with Gasteiger partial charge < -0.3 is 14.8 Å². The van der Waals surface area contributed by atoms with Crippen LogP contribution < -0.4 is 14.8 Å². The molecule has 5 heteroatoms. The molecule has 1 heterocycles. The predicted molar refractivity (Wildman–Crippen MR) is 71.1 cm³/mol. The number of ether oxygens (including phenoxy) is 2. The van der Waals surface area contributed by atoms with Crippen LogP contribution in [0.5, 0.6) is 11.5 Å². The molecule has 0 aromatic heterocycles. The van der Waals surface area contributed by atoms with E-state index in [9.17, 15) is 8.78 Å². The van der Waals surface area contributed by atoms with Gasteiger partial charge in [-0.3, -0.25) is 0 Å². The van der Waals surface area contributed by atoms with E-state index in [0.29, 0.717) is 31.3 Å². The highest BCUT2D eigenvalue weighted by Gasteiger charge is 2.12. The van der Waals surface area contributed by atoms with E-state index in [1.54, 1.807) is 12.1 Å². The summed E-state index contributed by atoms with van der Waals surface area (Å²) in [6, 6.07) is 9.20. The number of nitrogens with one attached hydrogen (secondary N) is 1. The third kappa shape index (κ3) is 2.52. The van der Waals surface area contributed by atoms with Gasteiger partial charge in [0, 0.05) is 6.54 Å². The summed E-state index contributed by atoms with van der Waals surface area (Å²) in [6.45, 7) is 1.34. The van der Waals surface area contributed by atoms with E-state index in [-0.39, 0.29) is 5.69 Å². The Bertz CT molecular complexity index is 611. The molecule has 2 aromatic carbocycles. The highest BCUT2D eigenvalue weighted by atomic mass is 19.1. The van der Waals surface area contributed by atoms with Crippen LogP contribution in [0, 0.1) is 11.6 Å². The van der Waals surface area contributed by atoms with Crippen molar-refractivity contribution in [1.82, 2.24) is 0 Å². The molecule has 3 rings (SSSR count). The Labute approximate surface area is 115 Å². The maximum Gasteiger partial charge on any atom is 0.161 e. The van der Waals surface area contributed by atoms with Gasteiger partial charge in [0.15, 0.2) is 11.5 Å². The lowest BCUT2D eigenvalue weighted by atomic mass is 10.2. The van der Waals surface area contributed by atoms with Crippen molar-refractivity contribution in [2.45, 2.75) is 6.54 Å². The molecule has 0 amide bonds. The lowest BCUT2D eigenvalue weighted by Crippen LogP contribution is -2.15. The lowest BCUT2D eigenvalue weighted by Gasteiger charge is -2.19. The zero-order chi connectivity index (χ0) is 13.9. The normalized spacial score (nSPS) is 13.1. The fourth-order valence-electron chi connectivity index (χ4n) is 2.05. The van der Waals surface area contributed by atoms with Crippen molar-refractivity contribution in [2.75, 3.05) is 18.5 Å². The van der Waals surface area contributed by atoms with Gasteiger partial charge in [0.05, 0.1) is 0 Å². The van der Waals surface area contributed by atoms with Crippen molar-refractivity contribution in [2.24, 2.45) is 0 Å². The molecule has 0 atom stereocenters. The van der Waals surface area contributed by atoms with E-state index in [0.717, 1.165) is 5.56 Å². The molecule has 0 spiro atoms. The molecule has 104 valence electrons. The molecular formula is C15H13F2NO2. The van der Waals surface area contributed by atoms with E-state index < -0.39 is 11.6 Å². The Balaban J connectivity index is 1.75. The minimum absolute atomic E-state index is 0.123. The maximum absolute atomic E-state index is 13.5. The van der Waals surface area contributed by atoms with Crippen LogP contribution in [0.15, 0.2) is 36.4 Å². The number of hydrogen-bond donors (Lipinski definition) is 1. The summed E-state index contributed by atoms with van der Waals surface area (Å²) in [7, 11) is 0. The molecule has 0 unspecified atom stereocenters. The summed E-state index contributed by atoms with van der Waals surface area (Å²) in [6.07, 6.45) is 0. The van der Waals surface area contributed by atoms with E-state index in [2.05, 4.69) is 5.32 Å². The van der Waals surface area contributed by atoms with Crippen LogP contribution in [0.1, 0.15) is 5.56 Å². The van der Waals surface area contributed by atoms with Crippen LogP contribution in [0.2, 0.25) is 0 Å². The number of para-hydroxylation sites is 1. The number of anilines is 1. The first-order chi connectivity index (χ1) is 9.74. The smallest absolute Gasteiger partial charge is 0.161 e. The van der Waals surface area contributed by atoms with Crippen molar-refractivity contribution in [1.29, 1.82) is 0 Å². The van der Waals surface area contributed by atoms with Gasteiger partial charge in [-0.1, -0.05) is 12.1 Å². The molecule has 0 saturated carbocycles. The van der Waals surface area contributed by atoms with Gasteiger partial charge in [-0.05, 0) is 29.8 Å². The third-order valence-corrected chi connectivity index (χ3v) is 3.04. The van der Waals surface area contributed by atoms with Gasteiger partial charge in [-0.15, -0.1) is 0 Å². The topological polar surface area (TPSA) is 30.5 Å². The molecule has 0 radical (unpaired) electrons. The molecular weight excluding hydrogens is 264 g/mol. The van der Waals surface area contributed by atoms with Crippen molar-refractivity contribution >= 4 is 5.69 Å². The van der Waals surface area contributed by atoms with Crippen molar-refractivity contribution in [3.63, 3.8) is 0 Å². The summed E-state index contributed by atoms with van der Waals surface area (Å²) in [5.41, 5.74) is 0.735. The predicted octanol–water partition coefficient (Wildman–Crippen LogP) is 3.35. The first-order valence-corrected chi connectivity index (χ1v) is 6.30. The Hall–Kier alpha value is -2.30. The average molecular weight is 277 g/mol. The summed E-state index contributed by atoms with van der Waals surface area (Å²) < 4.78 is 37.8. The van der Waals surface area contributed by atoms with Crippen LogP contribution in [-0.4, -0.2) is 13.2 Å². The van der Waals surface area contributed by atoms with Gasteiger partial charge in [0.1, 0.15) is 30.5 Å². The monoisotopic (exact) mass is 277 g/mol. The van der Waals surface area contributed by atoms with Gasteiger partial charge in [0.25, 0.3) is 0 Å². The molecule has 0 aliphatic carbocycles. The molecule has 3 nitrogen and oxygen atoms in total. The largest absolute Gasteiger partial charge is 0.486 e. The minimum Gasteiger partial charge on any atom is -0.486 e. The standard InChI is InChI=1S/C15H13F2NO2/c16-11-2-1-3-12(17)15(11)18-9-10-4-5-13-14(8-10)20-7-6-19-13/h1-5,8,18H,6-7,9H2. The average Bonchev–Trinajstić information content (AvgIpc) is 2.46. The van der Waals surface area contributed by atoms with Crippen LogP contribution in [0.4, 0.5) is 14.5 Å². The van der Waals surface area contributed by atoms with Crippen LogP contribution in [0.25, 0.3) is 0 Å². The number of hydrogen-bond acceptors (Lipinski definition) is 3. The SMILES string of the molecule is Fc1cccc(F)c1NCc1ccc2c(c1)OCCO2. The van der Waals surface area contributed by atoms with E-state index in [4.69, 9.17) is 9.47 Å². The molecule has 20 heavy (non-hydrogen) atoms. The van der Waals surface area contributed by atoms with E-state index in [1.807, 2.05) is 6.07 Å². The van der Waals surface area contributed by atoms with Crippen molar-refractivity contribution < 1.29 is 18.3 Å². The molecule has 0 saturated heterocycles. The fourth-order valence-corrected chi connectivity index (χ4v) is 2.05. The first-order valence-electron chi connectivity index (χ1n) is 6.30. The van der Waals surface area contributed by atoms with Gasteiger partial charge in [-0.25, -0.2) is 8.78 Å². The summed E-state index contributed by atoms with van der Waals surface area (Å²) in [5, 5.41) is 2.76. The van der Waals surface area contributed by atoms with E-state index in [1.165, 1.54) is 18.2 Å². The molecule has 2 aromatic rings. The fraction of sp³-hybridized carbons (Fsp3) is 0.200. The van der Waals surface area contributed by atoms with Gasteiger partial charge in [0.2, 0.25) is 0 Å². The summed E-state index contributed by atoms with van der Waals surface area (Å²) in [4.78, 5) is 0. The molecule has 1 N–H and O–H groups in total. The Morgan fingerprint density at radius 3 is 2.40 bits per heavy atom. The third-order valence-electron chi connectivity index (χ3n) is 3.04.